The summed E-state index contributed by atoms with van der Waals surface area (Å²) in [5, 5.41) is 0. The maximum Gasteiger partial charge on any atom is 0.341 e. The lowest BCUT2D eigenvalue weighted by molar-refractivity contribution is 0.273. The van der Waals surface area contributed by atoms with E-state index in [2.05, 4.69) is 10.5 Å². The molecular formula is C2H10NO6PS. The molecule has 0 saturated heterocycles. The van der Waals surface area contributed by atoms with Gasteiger partial charge < -0.3 is 4.89 Å². The van der Waals surface area contributed by atoms with Crippen LogP contribution in [0.15, 0.2) is 0 Å². The molecule has 11 heavy (non-hydrogen) atoms. The zero-order valence-corrected chi connectivity index (χ0v) is 7.67. The summed E-state index contributed by atoms with van der Waals surface area (Å²) in [4.78, 5) is 8.03. The maximum atomic E-state index is 9.79. The Hall–Kier alpha value is 0.0200. The molecule has 4 N–H and O–H groups in total. The third-order valence-electron chi connectivity index (χ3n) is 0.196. The summed E-state index contributed by atoms with van der Waals surface area (Å²) >= 11 is 0. The molecule has 0 spiro atoms. The highest BCUT2D eigenvalue weighted by atomic mass is 32.2. The van der Waals surface area contributed by atoms with Crippen LogP contribution in [-0.4, -0.2) is 30.8 Å². The molecule has 7 nitrogen and oxygen atoms in total. The molecule has 0 fully saturated rings. The molecule has 0 rings (SSSR count). The van der Waals surface area contributed by atoms with E-state index in [9.17, 15) is 13.0 Å². The maximum absolute atomic E-state index is 9.79. The number of rotatable bonds is 1. The standard InChI is InChI=1S/CH6NO3P.CH4O3S/c1-6(3,4)5-2;1-5(2,3)4/h2H2,1H3,(H,3,4);1H3,(H,2,3,4). The van der Waals surface area contributed by atoms with Crippen molar-refractivity contribution in [3.63, 3.8) is 0 Å². The van der Waals surface area contributed by atoms with Gasteiger partial charge in [0, 0.05) is 6.66 Å². The zero-order valence-electron chi connectivity index (χ0n) is 5.96. The molecule has 0 bridgehead atoms. The summed E-state index contributed by atoms with van der Waals surface area (Å²) in [5.41, 5.74) is 0. The monoisotopic (exact) mass is 207 g/mol. The number of nitrogens with two attached hydrogens (primary N) is 1. The van der Waals surface area contributed by atoms with Crippen LogP contribution >= 0.6 is 7.60 Å². The fraction of sp³-hybridized carbons (Fsp3) is 1.00. The van der Waals surface area contributed by atoms with Crippen LogP contribution in [0.5, 0.6) is 0 Å². The van der Waals surface area contributed by atoms with E-state index < -0.39 is 17.7 Å². The first-order valence-corrected chi connectivity index (χ1v) is 6.05. The van der Waals surface area contributed by atoms with Crippen LogP contribution < -0.4 is 5.90 Å². The molecule has 1 unspecified atom stereocenters. The lowest BCUT2D eigenvalue weighted by Gasteiger charge is -1.94. The second-order valence-corrected chi connectivity index (χ2v) is 4.92. The van der Waals surface area contributed by atoms with Crippen LogP contribution in [0.4, 0.5) is 0 Å². The SMILES string of the molecule is CP(=O)(O)ON.CS(=O)(=O)O. The molecule has 9 heteroatoms. The molecule has 0 heterocycles. The van der Waals surface area contributed by atoms with Crippen LogP contribution in [0.25, 0.3) is 0 Å². The van der Waals surface area contributed by atoms with Crippen LogP contribution in [0.1, 0.15) is 0 Å². The van der Waals surface area contributed by atoms with Crippen LogP contribution in [0.2, 0.25) is 0 Å². The van der Waals surface area contributed by atoms with Gasteiger partial charge in [-0.25, -0.2) is 10.5 Å². The highest BCUT2D eigenvalue weighted by molar-refractivity contribution is 7.85. The molecular weight excluding hydrogens is 197 g/mol. The fourth-order valence-corrected chi connectivity index (χ4v) is 0. The minimum atomic E-state index is -3.67. The Kier molecular flexibility index (Phi) is 5.95. The van der Waals surface area contributed by atoms with Gasteiger partial charge in [-0.3, -0.25) is 9.12 Å². The Morgan fingerprint density at radius 1 is 1.55 bits per heavy atom. The molecule has 1 atom stereocenters. The van der Waals surface area contributed by atoms with Gasteiger partial charge in [0.15, 0.2) is 0 Å². The average molecular weight is 207 g/mol. The molecule has 0 saturated carbocycles. The Bertz CT molecular complexity index is 219. The number of hydrogen-bond donors (Lipinski definition) is 3. The Labute approximate surface area is 64.4 Å². The third-order valence-corrected chi connectivity index (χ3v) is 0.587. The highest BCUT2D eigenvalue weighted by Crippen LogP contribution is 2.32. The lowest BCUT2D eigenvalue weighted by atomic mass is 12.0. The van der Waals surface area contributed by atoms with Gasteiger partial charge in [0.25, 0.3) is 10.1 Å². The average Bonchev–Trinajstić information content (AvgIpc) is 1.59. The van der Waals surface area contributed by atoms with Crippen LogP contribution in [0.3, 0.4) is 0 Å². The van der Waals surface area contributed by atoms with Crippen LogP contribution in [-0.2, 0) is 19.3 Å². The molecule has 0 aromatic rings. The summed E-state index contributed by atoms with van der Waals surface area (Å²) in [6, 6.07) is 0. The molecule has 0 aliphatic carbocycles. The van der Waals surface area contributed by atoms with Gasteiger partial charge in [-0.1, -0.05) is 0 Å². The quantitative estimate of drug-likeness (QED) is 0.291. The van der Waals surface area contributed by atoms with E-state index in [1.54, 1.807) is 0 Å². The Balaban J connectivity index is 0. The molecule has 0 aliphatic rings. The van der Waals surface area contributed by atoms with Crippen molar-refractivity contribution in [2.75, 3.05) is 12.9 Å². The first kappa shape index (κ1) is 13.6. The van der Waals surface area contributed by atoms with Crippen molar-refractivity contribution in [3.8, 4) is 0 Å². The second kappa shape index (κ2) is 4.81. The summed E-state index contributed by atoms with van der Waals surface area (Å²) in [6.07, 6.45) is 0.715. The summed E-state index contributed by atoms with van der Waals surface area (Å²) in [6.45, 7) is 1.01. The van der Waals surface area contributed by atoms with E-state index >= 15 is 0 Å². The van der Waals surface area contributed by atoms with E-state index in [0.29, 0.717) is 6.26 Å². The first-order valence-electron chi connectivity index (χ1n) is 2.17. The van der Waals surface area contributed by atoms with E-state index in [0.717, 1.165) is 6.66 Å². The fourth-order valence-electron chi connectivity index (χ4n) is 0. The van der Waals surface area contributed by atoms with Gasteiger partial charge in [0.1, 0.15) is 0 Å². The van der Waals surface area contributed by atoms with E-state index in [1.807, 2.05) is 0 Å². The Morgan fingerprint density at radius 3 is 1.64 bits per heavy atom. The van der Waals surface area contributed by atoms with Gasteiger partial charge in [0.2, 0.25) is 0 Å². The van der Waals surface area contributed by atoms with E-state index in [1.165, 1.54) is 0 Å². The minimum absolute atomic E-state index is 0.715. The van der Waals surface area contributed by atoms with Crippen molar-refractivity contribution < 1.29 is 27.1 Å². The van der Waals surface area contributed by atoms with Gasteiger partial charge in [-0.2, -0.15) is 8.42 Å². The molecule has 0 aromatic heterocycles. The van der Waals surface area contributed by atoms with Crippen molar-refractivity contribution in [1.29, 1.82) is 0 Å². The van der Waals surface area contributed by atoms with Crippen molar-refractivity contribution in [2.45, 2.75) is 0 Å². The summed E-state index contributed by atoms with van der Waals surface area (Å²) in [5.74, 6) is 4.29. The molecule has 0 radical (unpaired) electrons. The smallest absolute Gasteiger partial charge is 0.324 e. The molecule has 0 amide bonds. The predicted octanol–water partition coefficient (Wildman–Crippen LogP) is -0.804. The summed E-state index contributed by atoms with van der Waals surface area (Å²) in [7, 11) is -7.04. The number of hydrogen-bond acceptors (Lipinski definition) is 5. The van der Waals surface area contributed by atoms with E-state index in [4.69, 9.17) is 9.45 Å². The lowest BCUT2D eigenvalue weighted by Crippen LogP contribution is -1.93. The predicted molar refractivity (Wildman–Crippen MR) is 38.5 cm³/mol. The van der Waals surface area contributed by atoms with Gasteiger partial charge in [-0.15, -0.1) is 0 Å². The van der Waals surface area contributed by atoms with Gasteiger partial charge >= 0.3 is 7.60 Å². The Morgan fingerprint density at radius 2 is 1.64 bits per heavy atom. The van der Waals surface area contributed by atoms with Crippen molar-refractivity contribution >= 4 is 17.7 Å². The topological polar surface area (TPSA) is 127 Å². The molecule has 70 valence electrons. The normalized spacial score (nSPS) is 16.1. The molecule has 0 aromatic carbocycles. The van der Waals surface area contributed by atoms with Gasteiger partial charge in [-0.05, 0) is 0 Å². The first-order chi connectivity index (χ1) is 4.56. The van der Waals surface area contributed by atoms with Crippen molar-refractivity contribution in [2.24, 2.45) is 5.90 Å². The van der Waals surface area contributed by atoms with Crippen molar-refractivity contribution in [3.05, 3.63) is 0 Å². The highest BCUT2D eigenvalue weighted by Gasteiger charge is 2.04. The summed E-state index contributed by atoms with van der Waals surface area (Å²) < 4.78 is 39.2. The van der Waals surface area contributed by atoms with E-state index in [-0.39, 0.29) is 0 Å². The third kappa shape index (κ3) is 70.7. The zero-order chi connectivity index (χ0) is 9.71. The molecule has 0 aliphatic heterocycles. The second-order valence-electron chi connectivity index (χ2n) is 1.64. The minimum Gasteiger partial charge on any atom is -0.324 e. The largest absolute Gasteiger partial charge is 0.341 e. The van der Waals surface area contributed by atoms with Crippen LogP contribution in [0, 0.1) is 0 Å². The van der Waals surface area contributed by atoms with Crippen molar-refractivity contribution in [1.82, 2.24) is 0 Å². The van der Waals surface area contributed by atoms with Gasteiger partial charge in [0.05, 0.1) is 6.26 Å².